The van der Waals surface area contributed by atoms with Crippen LogP contribution in [0.4, 0.5) is 5.69 Å². The number of hydrogen-bond acceptors (Lipinski definition) is 8. The number of benzene rings is 2. The third-order valence-electron chi connectivity index (χ3n) is 4.28. The fourth-order valence-electron chi connectivity index (χ4n) is 2.75. The predicted molar refractivity (Wildman–Crippen MR) is 123 cm³/mol. The van der Waals surface area contributed by atoms with E-state index in [2.05, 4.69) is 32.3 Å². The summed E-state index contributed by atoms with van der Waals surface area (Å²) in [5.41, 5.74) is 2.67. The van der Waals surface area contributed by atoms with Crippen LogP contribution < -0.4 is 14.8 Å². The van der Waals surface area contributed by atoms with Crippen LogP contribution in [-0.2, 0) is 4.74 Å². The second kappa shape index (κ2) is 10.1. The van der Waals surface area contributed by atoms with E-state index in [1.54, 1.807) is 6.07 Å². The molecule has 0 unspecified atom stereocenters. The highest BCUT2D eigenvalue weighted by Crippen LogP contribution is 2.34. The molecule has 0 spiro atoms. The Balaban J connectivity index is 1.94. The van der Waals surface area contributed by atoms with E-state index in [1.165, 1.54) is 44.9 Å². The third kappa shape index (κ3) is 5.05. The summed E-state index contributed by atoms with van der Waals surface area (Å²) in [5, 5.41) is 15.1. The van der Waals surface area contributed by atoms with Gasteiger partial charge in [-0.1, -0.05) is 28.1 Å². The number of methoxy groups -OCH3 is 3. The fraction of sp³-hybridized carbons (Fsp3) is 0.136. The zero-order valence-electron chi connectivity index (χ0n) is 16.9. The average Bonchev–Trinajstić information content (AvgIpc) is 3.28. The quantitative estimate of drug-likeness (QED) is 0.345. The van der Waals surface area contributed by atoms with Crippen molar-refractivity contribution >= 4 is 44.5 Å². The van der Waals surface area contributed by atoms with E-state index in [-0.39, 0.29) is 5.56 Å². The number of aromatic nitrogens is 1. The number of esters is 1. The van der Waals surface area contributed by atoms with Crippen LogP contribution in [0.15, 0.2) is 52.5 Å². The fourth-order valence-corrected chi connectivity index (χ4v) is 3.94. The number of nitrogens with one attached hydrogen (secondary N) is 1. The first kappa shape index (κ1) is 22.3. The van der Waals surface area contributed by atoms with Gasteiger partial charge in [-0.15, -0.1) is 11.3 Å². The number of anilines is 1. The van der Waals surface area contributed by atoms with Gasteiger partial charge in [0.15, 0.2) is 11.5 Å². The first-order valence-electron chi connectivity index (χ1n) is 8.93. The van der Waals surface area contributed by atoms with E-state index < -0.39 is 5.97 Å². The third-order valence-corrected chi connectivity index (χ3v) is 5.65. The van der Waals surface area contributed by atoms with Crippen LogP contribution in [0.3, 0.4) is 0 Å². The summed E-state index contributed by atoms with van der Waals surface area (Å²) >= 11 is 4.80. The Morgan fingerprint density at radius 1 is 1.19 bits per heavy atom. The van der Waals surface area contributed by atoms with Crippen molar-refractivity contribution < 1.29 is 19.0 Å². The standard InChI is InChI=1S/C22H18BrN3O4S/c1-28-19-8-16(22(27)30-3)17(9-20(19)29-2)25-11-14(10-24)21-26-18(12-31-21)13-5-4-6-15(23)7-13/h4-9,11-12,25H,1-3H3. The van der Waals surface area contributed by atoms with Gasteiger partial charge < -0.3 is 19.5 Å². The molecule has 2 aromatic carbocycles. The molecule has 3 aromatic rings. The number of nitrogens with zero attached hydrogens (tertiary/aromatic N) is 2. The maximum absolute atomic E-state index is 12.2. The highest BCUT2D eigenvalue weighted by atomic mass is 79.9. The van der Waals surface area contributed by atoms with Crippen molar-refractivity contribution in [3.63, 3.8) is 0 Å². The molecule has 1 heterocycles. The molecule has 0 aliphatic rings. The molecule has 0 fully saturated rings. The Kier molecular flexibility index (Phi) is 7.28. The molecular formula is C22H18BrN3O4S. The van der Waals surface area contributed by atoms with Crippen molar-refractivity contribution in [2.75, 3.05) is 26.6 Å². The number of halogens is 1. The molecule has 0 saturated heterocycles. The van der Waals surface area contributed by atoms with Crippen molar-refractivity contribution in [1.29, 1.82) is 5.26 Å². The maximum atomic E-state index is 12.2. The Labute approximate surface area is 192 Å². The SMILES string of the molecule is COC(=O)c1cc(OC)c(OC)cc1NC=C(C#N)c1nc(-c2cccc(Br)c2)cs1. The topological polar surface area (TPSA) is 93.5 Å². The van der Waals surface area contributed by atoms with Gasteiger partial charge in [0.05, 0.1) is 38.3 Å². The highest BCUT2D eigenvalue weighted by Gasteiger charge is 2.18. The van der Waals surface area contributed by atoms with Crippen LogP contribution >= 0.6 is 27.3 Å². The van der Waals surface area contributed by atoms with Gasteiger partial charge in [-0.2, -0.15) is 5.26 Å². The van der Waals surface area contributed by atoms with Crippen molar-refractivity contribution in [3.8, 4) is 28.8 Å². The molecule has 0 aliphatic carbocycles. The molecule has 9 heteroatoms. The minimum Gasteiger partial charge on any atom is -0.493 e. The molecule has 0 bridgehead atoms. The number of thiazole rings is 1. The van der Waals surface area contributed by atoms with Crippen LogP contribution in [0.25, 0.3) is 16.8 Å². The summed E-state index contributed by atoms with van der Waals surface area (Å²) in [4.78, 5) is 16.8. The van der Waals surface area contributed by atoms with Gasteiger partial charge in [0.1, 0.15) is 16.6 Å². The van der Waals surface area contributed by atoms with Gasteiger partial charge >= 0.3 is 5.97 Å². The van der Waals surface area contributed by atoms with E-state index in [0.29, 0.717) is 27.8 Å². The molecule has 7 nitrogen and oxygen atoms in total. The number of nitriles is 1. The zero-order chi connectivity index (χ0) is 22.4. The van der Waals surface area contributed by atoms with Gasteiger partial charge in [-0.3, -0.25) is 0 Å². The van der Waals surface area contributed by atoms with Gasteiger partial charge in [0, 0.05) is 33.7 Å². The van der Waals surface area contributed by atoms with E-state index in [9.17, 15) is 10.1 Å². The first-order valence-corrected chi connectivity index (χ1v) is 10.6. The number of allylic oxidation sites excluding steroid dienone is 1. The number of hydrogen-bond donors (Lipinski definition) is 1. The minimum absolute atomic E-state index is 0.239. The summed E-state index contributed by atoms with van der Waals surface area (Å²) in [5.74, 6) is 0.258. The van der Waals surface area contributed by atoms with Gasteiger partial charge in [0.25, 0.3) is 0 Å². The Bertz CT molecular complexity index is 1180. The van der Waals surface area contributed by atoms with E-state index in [1.807, 2.05) is 29.6 Å². The number of carbonyl (C=O) groups excluding carboxylic acids is 1. The van der Waals surface area contributed by atoms with Crippen LogP contribution in [0.5, 0.6) is 11.5 Å². The van der Waals surface area contributed by atoms with E-state index in [0.717, 1.165) is 15.7 Å². The lowest BCUT2D eigenvalue weighted by Gasteiger charge is -2.13. The van der Waals surface area contributed by atoms with Crippen LogP contribution in [-0.4, -0.2) is 32.3 Å². The molecule has 158 valence electrons. The second-order valence-electron chi connectivity index (χ2n) is 6.11. The lowest BCUT2D eigenvalue weighted by molar-refractivity contribution is 0.0601. The predicted octanol–water partition coefficient (Wildman–Crippen LogP) is 5.35. The highest BCUT2D eigenvalue weighted by molar-refractivity contribution is 9.10. The van der Waals surface area contributed by atoms with Crippen molar-refractivity contribution in [2.24, 2.45) is 0 Å². The van der Waals surface area contributed by atoms with Crippen molar-refractivity contribution in [3.05, 3.63) is 63.0 Å². The number of ether oxygens (including phenoxy) is 3. The number of carbonyl (C=O) groups is 1. The van der Waals surface area contributed by atoms with E-state index in [4.69, 9.17) is 14.2 Å². The molecule has 1 N–H and O–H groups in total. The molecule has 0 aliphatic heterocycles. The molecule has 31 heavy (non-hydrogen) atoms. The van der Waals surface area contributed by atoms with Gasteiger partial charge in [-0.25, -0.2) is 9.78 Å². The molecule has 0 radical (unpaired) electrons. The number of rotatable bonds is 7. The van der Waals surface area contributed by atoms with Crippen LogP contribution in [0.1, 0.15) is 15.4 Å². The summed E-state index contributed by atoms with van der Waals surface area (Å²) in [6.07, 6.45) is 1.50. The Hall–Kier alpha value is -3.35. The van der Waals surface area contributed by atoms with Gasteiger partial charge in [0.2, 0.25) is 0 Å². The van der Waals surface area contributed by atoms with Gasteiger partial charge in [-0.05, 0) is 12.1 Å². The van der Waals surface area contributed by atoms with E-state index >= 15 is 0 Å². The molecule has 0 amide bonds. The summed E-state index contributed by atoms with van der Waals surface area (Å²) in [7, 11) is 4.26. The minimum atomic E-state index is -0.554. The smallest absolute Gasteiger partial charge is 0.340 e. The summed E-state index contributed by atoms with van der Waals surface area (Å²) < 4.78 is 16.4. The largest absolute Gasteiger partial charge is 0.493 e. The van der Waals surface area contributed by atoms with Crippen LogP contribution in [0, 0.1) is 11.3 Å². The molecule has 3 rings (SSSR count). The second-order valence-corrected chi connectivity index (χ2v) is 7.88. The molecule has 0 saturated carbocycles. The monoisotopic (exact) mass is 499 g/mol. The zero-order valence-corrected chi connectivity index (χ0v) is 19.3. The lowest BCUT2D eigenvalue weighted by atomic mass is 10.1. The molecular weight excluding hydrogens is 482 g/mol. The Morgan fingerprint density at radius 3 is 2.58 bits per heavy atom. The first-order chi connectivity index (χ1) is 15.0. The lowest BCUT2D eigenvalue weighted by Crippen LogP contribution is -2.07. The van der Waals surface area contributed by atoms with Crippen LogP contribution in [0.2, 0.25) is 0 Å². The molecule has 0 atom stereocenters. The summed E-state index contributed by atoms with van der Waals surface area (Å²) in [6.45, 7) is 0. The Morgan fingerprint density at radius 2 is 1.94 bits per heavy atom. The normalized spacial score (nSPS) is 10.9. The molecule has 1 aromatic heterocycles. The summed E-state index contributed by atoms with van der Waals surface area (Å²) in [6, 6.07) is 13.0. The average molecular weight is 500 g/mol. The maximum Gasteiger partial charge on any atom is 0.340 e. The van der Waals surface area contributed by atoms with Crippen molar-refractivity contribution in [1.82, 2.24) is 4.98 Å². The van der Waals surface area contributed by atoms with Crippen molar-refractivity contribution in [2.45, 2.75) is 0 Å².